The molecule has 0 fully saturated rings. The summed E-state index contributed by atoms with van der Waals surface area (Å²) in [6, 6.07) is 18.1. The van der Waals surface area contributed by atoms with E-state index in [4.69, 9.17) is 0 Å². The average Bonchev–Trinajstić information content (AvgIpc) is 3.22. The van der Waals surface area contributed by atoms with E-state index < -0.39 is 0 Å². The smallest absolute Gasteiger partial charge is 0.251 e. The quantitative estimate of drug-likeness (QED) is 0.400. The molecule has 2 aromatic carbocycles. The van der Waals surface area contributed by atoms with Crippen molar-refractivity contribution in [1.29, 1.82) is 0 Å². The monoisotopic (exact) mass is 450 g/mol. The topological polar surface area (TPSA) is 101 Å². The summed E-state index contributed by atoms with van der Waals surface area (Å²) in [6.45, 7) is 0.383. The lowest BCUT2D eigenvalue weighted by molar-refractivity contribution is -0.113. The van der Waals surface area contributed by atoms with Crippen molar-refractivity contribution in [2.75, 3.05) is 17.6 Å². The van der Waals surface area contributed by atoms with E-state index in [1.807, 2.05) is 18.2 Å². The Labute approximate surface area is 187 Å². The van der Waals surface area contributed by atoms with Crippen LogP contribution in [0.3, 0.4) is 0 Å². The third-order valence-corrected chi connectivity index (χ3v) is 5.37. The van der Waals surface area contributed by atoms with Gasteiger partial charge in [-0.1, -0.05) is 30.0 Å². The van der Waals surface area contributed by atoms with Crippen LogP contribution in [0.1, 0.15) is 16.2 Å². The molecule has 0 unspecified atom stereocenters. The van der Waals surface area contributed by atoms with Gasteiger partial charge in [0.15, 0.2) is 11.5 Å². The summed E-state index contributed by atoms with van der Waals surface area (Å²) in [7, 11) is 0. The summed E-state index contributed by atoms with van der Waals surface area (Å²) >= 11 is 1.26. The lowest BCUT2D eigenvalue weighted by Crippen LogP contribution is -2.26. The minimum absolute atomic E-state index is 0.139. The molecule has 2 amide bonds. The Kier molecular flexibility index (Phi) is 6.71. The highest BCUT2D eigenvalue weighted by Gasteiger charge is 2.11. The van der Waals surface area contributed by atoms with Gasteiger partial charge in [0.2, 0.25) is 5.91 Å². The Bertz CT molecular complexity index is 1230. The van der Waals surface area contributed by atoms with E-state index in [2.05, 4.69) is 25.9 Å². The fraction of sp³-hybridized carbons (Fsp3) is 0.136. The van der Waals surface area contributed by atoms with Gasteiger partial charge in [-0.15, -0.1) is 10.2 Å². The van der Waals surface area contributed by atoms with Crippen molar-refractivity contribution in [3.05, 3.63) is 83.9 Å². The molecular formula is C22H19FN6O2S. The van der Waals surface area contributed by atoms with Crippen LogP contribution in [0, 0.1) is 5.82 Å². The van der Waals surface area contributed by atoms with Gasteiger partial charge in [-0.05, 0) is 48.5 Å². The molecule has 0 aliphatic carbocycles. The van der Waals surface area contributed by atoms with E-state index in [-0.39, 0.29) is 23.4 Å². The first-order chi connectivity index (χ1) is 15.6. The van der Waals surface area contributed by atoms with Crippen LogP contribution in [-0.2, 0) is 11.2 Å². The van der Waals surface area contributed by atoms with Crippen molar-refractivity contribution in [2.45, 2.75) is 11.4 Å². The summed E-state index contributed by atoms with van der Waals surface area (Å²) < 4.78 is 14.6. The number of amides is 2. The van der Waals surface area contributed by atoms with E-state index in [9.17, 15) is 14.0 Å². The van der Waals surface area contributed by atoms with Crippen molar-refractivity contribution in [3.63, 3.8) is 0 Å². The zero-order valence-corrected chi connectivity index (χ0v) is 17.7. The lowest BCUT2D eigenvalue weighted by Gasteiger charge is -2.06. The fourth-order valence-corrected chi connectivity index (χ4v) is 3.55. The SMILES string of the molecule is O=C(CSc1ccc2nnc(CCNC(=O)c3ccccc3)n2n1)Nc1ccc(F)cc1. The first-order valence-electron chi connectivity index (χ1n) is 9.81. The van der Waals surface area contributed by atoms with Crippen molar-refractivity contribution in [3.8, 4) is 0 Å². The number of nitrogens with one attached hydrogen (secondary N) is 2. The first kappa shape index (κ1) is 21.4. The maximum Gasteiger partial charge on any atom is 0.251 e. The highest BCUT2D eigenvalue weighted by Crippen LogP contribution is 2.17. The molecule has 0 saturated carbocycles. The number of carbonyl (C=O) groups is 2. The van der Waals surface area contributed by atoms with Gasteiger partial charge in [-0.2, -0.15) is 9.61 Å². The van der Waals surface area contributed by atoms with Crippen LogP contribution in [0.25, 0.3) is 5.65 Å². The molecule has 8 nitrogen and oxygen atoms in total. The Hall–Kier alpha value is -3.79. The van der Waals surface area contributed by atoms with Crippen molar-refractivity contribution in [1.82, 2.24) is 25.1 Å². The molecule has 0 atom stereocenters. The van der Waals surface area contributed by atoms with Crippen LogP contribution >= 0.6 is 11.8 Å². The van der Waals surface area contributed by atoms with Crippen LogP contribution in [-0.4, -0.2) is 43.9 Å². The molecule has 162 valence electrons. The normalized spacial score (nSPS) is 10.8. The zero-order valence-electron chi connectivity index (χ0n) is 16.9. The number of fused-ring (bicyclic) bond motifs is 1. The number of rotatable bonds is 8. The van der Waals surface area contributed by atoms with Crippen molar-refractivity contribution < 1.29 is 14.0 Å². The Balaban J connectivity index is 1.33. The third-order valence-electron chi connectivity index (χ3n) is 4.45. The highest BCUT2D eigenvalue weighted by atomic mass is 32.2. The molecule has 0 bridgehead atoms. The molecule has 0 spiro atoms. The number of hydrogen-bond donors (Lipinski definition) is 2. The first-order valence-corrected chi connectivity index (χ1v) is 10.8. The maximum atomic E-state index is 13.0. The molecule has 0 radical (unpaired) electrons. The molecule has 4 rings (SSSR count). The lowest BCUT2D eigenvalue weighted by atomic mass is 10.2. The summed E-state index contributed by atoms with van der Waals surface area (Å²) in [5.74, 6) is -0.00163. The molecule has 0 saturated heterocycles. The predicted octanol–water partition coefficient (Wildman–Crippen LogP) is 2.97. The van der Waals surface area contributed by atoms with Crippen LogP contribution in [0.5, 0.6) is 0 Å². The third kappa shape index (κ3) is 5.46. The Morgan fingerprint density at radius 2 is 1.75 bits per heavy atom. The Morgan fingerprint density at radius 3 is 2.53 bits per heavy atom. The molecule has 0 aliphatic rings. The maximum absolute atomic E-state index is 13.0. The summed E-state index contributed by atoms with van der Waals surface area (Å²) in [5.41, 5.74) is 1.70. The molecule has 0 aliphatic heterocycles. The summed E-state index contributed by atoms with van der Waals surface area (Å²) in [4.78, 5) is 24.3. The highest BCUT2D eigenvalue weighted by molar-refractivity contribution is 7.99. The van der Waals surface area contributed by atoms with Crippen molar-refractivity contribution >= 4 is 34.9 Å². The molecule has 4 aromatic rings. The van der Waals surface area contributed by atoms with E-state index in [0.29, 0.717) is 40.7 Å². The number of anilines is 1. The summed E-state index contributed by atoms with van der Waals surface area (Å²) in [5, 5.41) is 18.9. The van der Waals surface area contributed by atoms with E-state index in [1.54, 1.807) is 28.8 Å². The number of carbonyl (C=O) groups excluding carboxylic acids is 2. The van der Waals surface area contributed by atoms with Gasteiger partial charge in [0.05, 0.1) is 5.75 Å². The van der Waals surface area contributed by atoms with Crippen LogP contribution in [0.4, 0.5) is 10.1 Å². The number of hydrogen-bond acceptors (Lipinski definition) is 6. The molecule has 10 heteroatoms. The number of thioether (sulfide) groups is 1. The van der Waals surface area contributed by atoms with Gasteiger partial charge in [0, 0.05) is 24.2 Å². The van der Waals surface area contributed by atoms with E-state index in [1.165, 1.54) is 36.0 Å². The summed E-state index contributed by atoms with van der Waals surface area (Å²) in [6.07, 6.45) is 0.450. The minimum atomic E-state index is -0.362. The molecule has 2 N–H and O–H groups in total. The number of benzene rings is 2. The largest absolute Gasteiger partial charge is 0.352 e. The van der Waals surface area contributed by atoms with E-state index >= 15 is 0 Å². The second-order valence-corrected chi connectivity index (χ2v) is 7.77. The second-order valence-electron chi connectivity index (χ2n) is 6.77. The van der Waals surface area contributed by atoms with Gasteiger partial charge < -0.3 is 10.6 Å². The minimum Gasteiger partial charge on any atom is -0.352 e. The zero-order chi connectivity index (χ0) is 22.3. The predicted molar refractivity (Wildman–Crippen MR) is 119 cm³/mol. The number of aromatic nitrogens is 4. The van der Waals surface area contributed by atoms with Gasteiger partial charge >= 0.3 is 0 Å². The van der Waals surface area contributed by atoms with Gasteiger partial charge in [0.25, 0.3) is 5.91 Å². The number of nitrogens with zero attached hydrogens (tertiary/aromatic N) is 4. The van der Waals surface area contributed by atoms with Gasteiger partial charge in [-0.25, -0.2) is 4.39 Å². The molecule has 2 heterocycles. The Morgan fingerprint density at radius 1 is 0.969 bits per heavy atom. The van der Waals surface area contributed by atoms with Crippen LogP contribution < -0.4 is 10.6 Å². The second kappa shape index (κ2) is 10.0. The van der Waals surface area contributed by atoms with Crippen LogP contribution in [0.15, 0.2) is 71.8 Å². The van der Waals surface area contributed by atoms with Crippen LogP contribution in [0.2, 0.25) is 0 Å². The molecule has 2 aromatic heterocycles. The fourth-order valence-electron chi connectivity index (χ4n) is 2.90. The van der Waals surface area contributed by atoms with E-state index in [0.717, 1.165) is 0 Å². The average molecular weight is 450 g/mol. The van der Waals surface area contributed by atoms with Gasteiger partial charge in [0.1, 0.15) is 10.8 Å². The standard InChI is InChI=1S/C22H19FN6O2S/c23-16-6-8-17(9-7-16)25-20(30)14-32-21-11-10-18-26-27-19(29(18)28-21)12-13-24-22(31)15-4-2-1-3-5-15/h1-11H,12-14H2,(H,24,31)(H,25,30). The molecule has 32 heavy (non-hydrogen) atoms. The molecular weight excluding hydrogens is 431 g/mol. The van der Waals surface area contributed by atoms with Gasteiger partial charge in [-0.3, -0.25) is 9.59 Å². The number of halogens is 1. The van der Waals surface area contributed by atoms with Crippen molar-refractivity contribution in [2.24, 2.45) is 0 Å².